The molecule has 0 spiro atoms. The lowest BCUT2D eigenvalue weighted by atomic mass is 10.8. The highest BCUT2D eigenvalue weighted by atomic mass is 33.7. The van der Waals surface area contributed by atoms with E-state index in [2.05, 4.69) is 0 Å². The standard InChI is InChI=1S/C2H3BOS3/c1-2-5-7(2,3,4)6-2/h1H3. The number of rotatable bonds is 0. The summed E-state index contributed by atoms with van der Waals surface area (Å²) in [4.78, 5) is 0. The van der Waals surface area contributed by atoms with Crippen LogP contribution >= 0.6 is 21.6 Å². The third-order valence-corrected chi connectivity index (χ3v) is 13.6. The van der Waals surface area contributed by atoms with Crippen molar-refractivity contribution in [1.29, 1.82) is 0 Å². The lowest BCUT2D eigenvalue weighted by molar-refractivity contribution is 0.691. The van der Waals surface area contributed by atoms with Crippen LogP contribution in [-0.2, 0) is 6.98 Å². The summed E-state index contributed by atoms with van der Waals surface area (Å²) in [5.41, 5.74) is 0. The van der Waals surface area contributed by atoms with Crippen molar-refractivity contribution >= 4 is 35.7 Å². The summed E-state index contributed by atoms with van der Waals surface area (Å²) in [7, 11) is 8.24. The van der Waals surface area contributed by atoms with E-state index < -0.39 is 6.98 Å². The van der Waals surface area contributed by atoms with Crippen molar-refractivity contribution in [2.45, 2.75) is 10.3 Å². The van der Waals surface area contributed by atoms with E-state index in [1.165, 1.54) is 21.6 Å². The van der Waals surface area contributed by atoms with Gasteiger partial charge in [-0.3, -0.25) is 4.21 Å². The van der Waals surface area contributed by atoms with Crippen LogP contribution in [0.25, 0.3) is 0 Å². The molecule has 0 aromatic carbocycles. The van der Waals surface area contributed by atoms with Crippen molar-refractivity contribution in [3.63, 3.8) is 0 Å². The molecule has 0 aromatic rings. The molecule has 2 heterocycles. The number of hydrogen-bond donors (Lipinski definition) is 0. The number of hydrogen-bond acceptors (Lipinski definition) is 3. The maximum absolute atomic E-state index is 11.0. The molecule has 2 fully saturated rings. The molecule has 7 heavy (non-hydrogen) atoms. The molecule has 0 aromatic heterocycles. The van der Waals surface area contributed by atoms with Crippen LogP contribution in [0.2, 0.25) is 0 Å². The predicted molar refractivity (Wildman–Crippen MR) is 37.5 cm³/mol. The van der Waals surface area contributed by atoms with Crippen molar-refractivity contribution in [2.75, 3.05) is 0 Å². The minimum atomic E-state index is -2.47. The van der Waals surface area contributed by atoms with Crippen LogP contribution in [0.3, 0.4) is 0 Å². The normalized spacial score (nSPS) is 63.9. The van der Waals surface area contributed by atoms with Crippen molar-refractivity contribution in [3.05, 3.63) is 0 Å². The van der Waals surface area contributed by atoms with E-state index in [4.69, 9.17) is 7.12 Å². The highest BCUT2D eigenvalue weighted by molar-refractivity contribution is 9.50. The minimum absolute atomic E-state index is 0.0444. The van der Waals surface area contributed by atoms with Gasteiger partial charge in [-0.1, -0.05) is 21.6 Å². The fraction of sp³-hybridized carbons (Fsp3) is 1.00. The first-order chi connectivity index (χ1) is 2.96. The molecule has 2 aliphatic heterocycles. The fourth-order valence-electron chi connectivity index (χ4n) is 0.546. The van der Waals surface area contributed by atoms with E-state index >= 15 is 0 Å². The first kappa shape index (κ1) is 4.76. The van der Waals surface area contributed by atoms with Crippen LogP contribution in [0.15, 0.2) is 0 Å². The van der Waals surface area contributed by atoms with Gasteiger partial charge in [-0.05, 0) is 13.9 Å². The van der Waals surface area contributed by atoms with Crippen molar-refractivity contribution in [1.82, 2.24) is 0 Å². The molecule has 0 saturated carbocycles. The van der Waals surface area contributed by atoms with Gasteiger partial charge in [0.1, 0.15) is 3.41 Å². The third-order valence-electron chi connectivity index (χ3n) is 1.23. The molecule has 2 radical (unpaired) electrons. The molecule has 0 bridgehead atoms. The van der Waals surface area contributed by atoms with Crippen molar-refractivity contribution < 1.29 is 4.21 Å². The van der Waals surface area contributed by atoms with Crippen molar-refractivity contribution in [3.8, 4) is 0 Å². The van der Waals surface area contributed by atoms with Gasteiger partial charge in [-0.15, -0.1) is 0 Å². The topological polar surface area (TPSA) is 17.1 Å². The zero-order valence-corrected chi connectivity index (χ0v) is 6.16. The molecule has 0 aliphatic carbocycles. The quantitative estimate of drug-likeness (QED) is 0.290. The van der Waals surface area contributed by atoms with Crippen LogP contribution in [0.4, 0.5) is 0 Å². The van der Waals surface area contributed by atoms with Gasteiger partial charge in [0, 0.05) is 0 Å². The van der Waals surface area contributed by atoms with Crippen LogP contribution < -0.4 is 0 Å². The van der Waals surface area contributed by atoms with E-state index in [0.717, 1.165) is 0 Å². The van der Waals surface area contributed by atoms with Crippen LogP contribution in [0.1, 0.15) is 6.92 Å². The summed E-state index contributed by atoms with van der Waals surface area (Å²) in [5, 5.41) is 0. The second-order valence-electron chi connectivity index (χ2n) is 1.89. The van der Waals surface area contributed by atoms with Crippen molar-refractivity contribution in [2.24, 2.45) is 0 Å². The summed E-state index contributed by atoms with van der Waals surface area (Å²) >= 11 is 0. The zero-order valence-electron chi connectivity index (χ0n) is 3.71. The Hall–Kier alpha value is 0.915. The maximum atomic E-state index is 11.0. The smallest absolute Gasteiger partial charge is 0.212 e. The Morgan fingerprint density at radius 1 is 1.71 bits per heavy atom. The van der Waals surface area contributed by atoms with Gasteiger partial charge in [0.05, 0.1) is 0 Å². The monoisotopic (exact) mass is 150 g/mol. The lowest BCUT2D eigenvalue weighted by Crippen LogP contribution is -1.89. The molecule has 0 N–H and O–H groups in total. The molecule has 1 nitrogen and oxygen atoms in total. The predicted octanol–water partition coefficient (Wildman–Crippen LogP) is 0.887. The summed E-state index contributed by atoms with van der Waals surface area (Å²) in [6.07, 6.45) is 0. The summed E-state index contributed by atoms with van der Waals surface area (Å²) in [5.74, 6) is 0. The van der Waals surface area contributed by atoms with Gasteiger partial charge < -0.3 is 0 Å². The summed E-state index contributed by atoms with van der Waals surface area (Å²) in [6.45, 7) is -0.542. The molecule has 2 rings (SSSR count). The van der Waals surface area contributed by atoms with Crippen LogP contribution in [-0.4, -0.2) is 14.7 Å². The Labute approximate surface area is 50.5 Å². The molecule has 0 unspecified atom stereocenters. The Kier molecular flexibility index (Phi) is 0.460. The van der Waals surface area contributed by atoms with Crippen LogP contribution in [0.5, 0.6) is 0 Å². The Balaban J connectivity index is 2.62. The molecule has 2 saturated heterocycles. The van der Waals surface area contributed by atoms with Gasteiger partial charge >= 0.3 is 0 Å². The largest absolute Gasteiger partial charge is 0.272 e. The first-order valence-electron chi connectivity index (χ1n) is 1.85. The second kappa shape index (κ2) is 0.676. The Morgan fingerprint density at radius 2 is 1.86 bits per heavy atom. The Morgan fingerprint density at radius 3 is 1.86 bits per heavy atom. The van der Waals surface area contributed by atoms with Gasteiger partial charge in [0.25, 0.3) is 0 Å². The van der Waals surface area contributed by atoms with E-state index in [1.807, 2.05) is 6.92 Å². The van der Waals surface area contributed by atoms with Gasteiger partial charge in [0.15, 0.2) is 0 Å². The maximum Gasteiger partial charge on any atom is 0.212 e. The lowest BCUT2D eigenvalue weighted by Gasteiger charge is -1.90. The van der Waals surface area contributed by atoms with Crippen LogP contribution in [0, 0.1) is 0 Å². The van der Waals surface area contributed by atoms with E-state index in [0.29, 0.717) is 0 Å². The number of fused-ring (bicyclic) bond motifs is 1. The van der Waals surface area contributed by atoms with E-state index in [1.54, 1.807) is 0 Å². The second-order valence-corrected chi connectivity index (χ2v) is 12.8. The van der Waals surface area contributed by atoms with E-state index in [-0.39, 0.29) is 3.41 Å². The summed E-state index contributed by atoms with van der Waals surface area (Å²) < 4.78 is 11.0. The molecular formula is C2H3BOS3. The molecule has 0 atom stereocenters. The zero-order chi connectivity index (χ0) is 5.36. The molecule has 2 aliphatic rings. The molecule has 0 amide bonds. The first-order valence-corrected chi connectivity index (χ1v) is 6.54. The minimum Gasteiger partial charge on any atom is -0.272 e. The average molecular weight is 150 g/mol. The highest BCUT2D eigenvalue weighted by Crippen LogP contribution is 3.00. The van der Waals surface area contributed by atoms with Gasteiger partial charge in [-0.2, -0.15) is 0 Å². The highest BCUT2D eigenvalue weighted by Gasteiger charge is 2.87. The van der Waals surface area contributed by atoms with Gasteiger partial charge in [0.2, 0.25) is 7.12 Å². The van der Waals surface area contributed by atoms with Gasteiger partial charge in [-0.25, -0.2) is 0 Å². The Bertz CT molecular complexity index is 199. The molecule has 38 valence electrons. The third kappa shape index (κ3) is 0.318. The average Bonchev–Trinajstić information content (AvgIpc) is 1.73. The van der Waals surface area contributed by atoms with E-state index in [9.17, 15) is 4.21 Å². The molecular weight excluding hydrogens is 147 g/mol. The summed E-state index contributed by atoms with van der Waals surface area (Å²) in [6, 6.07) is 0. The fourth-order valence-corrected chi connectivity index (χ4v) is 11.8. The SMILES string of the molecule is [B]S12(=O)SC1(C)S2. The molecule has 5 heteroatoms.